The zero-order valence-electron chi connectivity index (χ0n) is 9.63. The van der Waals surface area contributed by atoms with E-state index in [0.717, 1.165) is 18.0 Å². The number of rotatable bonds is 3. The molecule has 1 aliphatic heterocycles. The number of likely N-dealkylation sites (N-methyl/N-ethyl adjacent to an activating group) is 1. The number of hydrogen-bond acceptors (Lipinski definition) is 2. The maximum Gasteiger partial charge on any atom is 0.0260 e. The van der Waals surface area contributed by atoms with Crippen LogP contribution in [-0.4, -0.2) is 37.1 Å². The van der Waals surface area contributed by atoms with Crippen molar-refractivity contribution in [3.05, 3.63) is 0 Å². The molecule has 2 nitrogen and oxygen atoms in total. The first-order chi connectivity index (χ1) is 6.83. The Bertz CT molecular complexity index is 175. The van der Waals surface area contributed by atoms with Crippen LogP contribution in [-0.2, 0) is 0 Å². The molecule has 0 aromatic rings. The van der Waals surface area contributed by atoms with Crippen molar-refractivity contribution in [2.45, 2.75) is 51.1 Å². The van der Waals surface area contributed by atoms with Crippen molar-refractivity contribution >= 4 is 0 Å². The van der Waals surface area contributed by atoms with Gasteiger partial charge in [-0.05, 0) is 32.4 Å². The minimum absolute atomic E-state index is 0.808. The summed E-state index contributed by atoms with van der Waals surface area (Å²) in [6.07, 6.45) is 7.10. The van der Waals surface area contributed by atoms with Gasteiger partial charge in [0.15, 0.2) is 0 Å². The molecule has 1 heterocycles. The van der Waals surface area contributed by atoms with Crippen molar-refractivity contribution in [2.24, 2.45) is 5.92 Å². The summed E-state index contributed by atoms with van der Waals surface area (Å²) in [5, 5.41) is 3.54. The molecule has 2 aliphatic rings. The Morgan fingerprint density at radius 1 is 1.21 bits per heavy atom. The lowest BCUT2D eigenvalue weighted by Gasteiger charge is -2.33. The van der Waals surface area contributed by atoms with E-state index in [0.29, 0.717) is 0 Å². The molecule has 2 atom stereocenters. The van der Waals surface area contributed by atoms with E-state index in [-0.39, 0.29) is 0 Å². The first-order valence-electron chi connectivity index (χ1n) is 6.25. The van der Waals surface area contributed by atoms with Gasteiger partial charge in [-0.3, -0.25) is 4.90 Å². The summed E-state index contributed by atoms with van der Waals surface area (Å²) >= 11 is 0. The van der Waals surface area contributed by atoms with E-state index >= 15 is 0 Å². The van der Waals surface area contributed by atoms with Gasteiger partial charge in [0, 0.05) is 18.6 Å². The zero-order chi connectivity index (χ0) is 9.97. The molecule has 2 fully saturated rings. The Morgan fingerprint density at radius 3 is 2.57 bits per heavy atom. The molecule has 1 N–H and O–H groups in total. The molecule has 1 saturated carbocycles. The van der Waals surface area contributed by atoms with E-state index in [2.05, 4.69) is 24.2 Å². The zero-order valence-corrected chi connectivity index (χ0v) is 9.63. The second-order valence-electron chi connectivity index (χ2n) is 5.00. The minimum atomic E-state index is 0.808. The van der Waals surface area contributed by atoms with Gasteiger partial charge in [-0.1, -0.05) is 26.2 Å². The molecule has 0 spiro atoms. The van der Waals surface area contributed by atoms with Crippen molar-refractivity contribution in [3.8, 4) is 0 Å². The van der Waals surface area contributed by atoms with E-state index in [4.69, 9.17) is 0 Å². The van der Waals surface area contributed by atoms with Crippen molar-refractivity contribution in [2.75, 3.05) is 20.1 Å². The van der Waals surface area contributed by atoms with Gasteiger partial charge in [-0.15, -0.1) is 0 Å². The first-order valence-corrected chi connectivity index (χ1v) is 6.25. The predicted molar refractivity (Wildman–Crippen MR) is 60.5 cm³/mol. The second kappa shape index (κ2) is 4.63. The van der Waals surface area contributed by atoms with Gasteiger partial charge >= 0.3 is 0 Å². The number of nitrogens with one attached hydrogen (secondary N) is 1. The summed E-state index contributed by atoms with van der Waals surface area (Å²) in [6, 6.07) is 1.69. The fourth-order valence-electron chi connectivity index (χ4n) is 3.19. The summed E-state index contributed by atoms with van der Waals surface area (Å²) in [7, 11) is 2.34. The highest BCUT2D eigenvalue weighted by molar-refractivity contribution is 4.90. The molecule has 2 heteroatoms. The fraction of sp³-hybridized carbons (Fsp3) is 1.00. The maximum absolute atomic E-state index is 3.54. The number of nitrogens with zero attached hydrogens (tertiary/aromatic N) is 1. The van der Waals surface area contributed by atoms with Crippen LogP contribution in [0.3, 0.4) is 0 Å². The summed E-state index contributed by atoms with van der Waals surface area (Å²) in [5.41, 5.74) is 0. The van der Waals surface area contributed by atoms with Crippen LogP contribution in [0.2, 0.25) is 0 Å². The van der Waals surface area contributed by atoms with Gasteiger partial charge in [-0.25, -0.2) is 0 Å². The van der Waals surface area contributed by atoms with E-state index < -0.39 is 0 Å². The third-order valence-electron chi connectivity index (χ3n) is 4.25. The quantitative estimate of drug-likeness (QED) is 0.741. The Hall–Kier alpha value is -0.0800. The van der Waals surface area contributed by atoms with Crippen LogP contribution in [0.5, 0.6) is 0 Å². The lowest BCUT2D eigenvalue weighted by Crippen LogP contribution is -2.43. The van der Waals surface area contributed by atoms with Crippen LogP contribution >= 0.6 is 0 Å². The van der Waals surface area contributed by atoms with Crippen LogP contribution in [0.15, 0.2) is 0 Å². The second-order valence-corrected chi connectivity index (χ2v) is 5.00. The van der Waals surface area contributed by atoms with E-state index in [1.54, 1.807) is 0 Å². The molecule has 14 heavy (non-hydrogen) atoms. The molecular formula is C12H24N2. The molecule has 1 aliphatic carbocycles. The van der Waals surface area contributed by atoms with Crippen molar-refractivity contribution in [3.63, 3.8) is 0 Å². The molecule has 2 rings (SSSR count). The summed E-state index contributed by atoms with van der Waals surface area (Å²) in [6.45, 7) is 4.77. The van der Waals surface area contributed by atoms with Crippen molar-refractivity contribution < 1.29 is 0 Å². The smallest absolute Gasteiger partial charge is 0.0260 e. The molecule has 0 aromatic heterocycles. The van der Waals surface area contributed by atoms with Crippen LogP contribution in [0, 0.1) is 5.92 Å². The molecule has 82 valence electrons. The molecule has 0 aromatic carbocycles. The third-order valence-corrected chi connectivity index (χ3v) is 4.25. The van der Waals surface area contributed by atoms with Crippen LogP contribution < -0.4 is 5.32 Å². The van der Waals surface area contributed by atoms with E-state index in [1.807, 2.05) is 0 Å². The van der Waals surface area contributed by atoms with E-state index in [1.165, 1.54) is 45.2 Å². The van der Waals surface area contributed by atoms with Gasteiger partial charge in [0.25, 0.3) is 0 Å². The van der Waals surface area contributed by atoms with E-state index in [9.17, 15) is 0 Å². The highest BCUT2D eigenvalue weighted by atomic mass is 15.2. The first kappa shape index (κ1) is 10.4. The maximum atomic E-state index is 3.54. The SMILES string of the molecule is CCC1CNCC1N(C)C1CCCC1. The summed E-state index contributed by atoms with van der Waals surface area (Å²) in [4.78, 5) is 2.67. The monoisotopic (exact) mass is 196 g/mol. The molecule has 2 unspecified atom stereocenters. The third kappa shape index (κ3) is 1.96. The van der Waals surface area contributed by atoms with Crippen LogP contribution in [0.1, 0.15) is 39.0 Å². The molecule has 1 saturated heterocycles. The van der Waals surface area contributed by atoms with Crippen LogP contribution in [0.4, 0.5) is 0 Å². The molecular weight excluding hydrogens is 172 g/mol. The predicted octanol–water partition coefficient (Wildman–Crippen LogP) is 1.86. The number of hydrogen-bond donors (Lipinski definition) is 1. The highest BCUT2D eigenvalue weighted by Crippen LogP contribution is 2.27. The molecule has 0 amide bonds. The summed E-state index contributed by atoms with van der Waals surface area (Å²) in [5.74, 6) is 0.889. The van der Waals surface area contributed by atoms with Gasteiger partial charge in [0.05, 0.1) is 0 Å². The molecule has 0 radical (unpaired) electrons. The van der Waals surface area contributed by atoms with Gasteiger partial charge in [0.1, 0.15) is 0 Å². The van der Waals surface area contributed by atoms with Crippen molar-refractivity contribution in [1.29, 1.82) is 0 Å². The summed E-state index contributed by atoms with van der Waals surface area (Å²) < 4.78 is 0. The largest absolute Gasteiger partial charge is 0.315 e. The van der Waals surface area contributed by atoms with Crippen molar-refractivity contribution in [1.82, 2.24) is 10.2 Å². The standard InChI is InChI=1S/C12H24N2/c1-3-10-8-13-9-12(10)14(2)11-6-4-5-7-11/h10-13H,3-9H2,1-2H3. The topological polar surface area (TPSA) is 15.3 Å². The van der Waals surface area contributed by atoms with Gasteiger partial charge in [-0.2, -0.15) is 0 Å². The average molecular weight is 196 g/mol. The highest BCUT2D eigenvalue weighted by Gasteiger charge is 2.33. The Labute approximate surface area is 88.1 Å². The Kier molecular flexibility index (Phi) is 3.45. The fourth-order valence-corrected chi connectivity index (χ4v) is 3.19. The lowest BCUT2D eigenvalue weighted by atomic mass is 9.98. The van der Waals surface area contributed by atoms with Gasteiger partial charge in [0.2, 0.25) is 0 Å². The van der Waals surface area contributed by atoms with Gasteiger partial charge < -0.3 is 5.32 Å². The lowest BCUT2D eigenvalue weighted by molar-refractivity contribution is 0.151. The van der Waals surface area contributed by atoms with Crippen LogP contribution in [0.25, 0.3) is 0 Å². The molecule has 0 bridgehead atoms. The average Bonchev–Trinajstić information content (AvgIpc) is 2.87. The Balaban J connectivity index is 1.92. The Morgan fingerprint density at radius 2 is 1.93 bits per heavy atom. The minimum Gasteiger partial charge on any atom is -0.315 e. The normalized spacial score (nSPS) is 34.5.